The van der Waals surface area contributed by atoms with Crippen LogP contribution in [0, 0.1) is 10.1 Å². The highest BCUT2D eigenvalue weighted by Gasteiger charge is 2.12. The highest BCUT2D eigenvalue weighted by atomic mass is 35.5. The number of aromatic hydroxyl groups is 1. The zero-order valence-corrected chi connectivity index (χ0v) is 12.6. The van der Waals surface area contributed by atoms with Crippen molar-refractivity contribution in [3.05, 3.63) is 67.7 Å². The molecule has 0 saturated carbocycles. The van der Waals surface area contributed by atoms with Crippen molar-refractivity contribution in [3.8, 4) is 5.75 Å². The largest absolute Gasteiger partial charge is 0.502 e. The van der Waals surface area contributed by atoms with Gasteiger partial charge in [-0.05, 0) is 48.6 Å². The number of halogens is 2. The van der Waals surface area contributed by atoms with Crippen LogP contribution in [0.3, 0.4) is 0 Å². The summed E-state index contributed by atoms with van der Waals surface area (Å²) in [6.07, 6.45) is 2.37. The van der Waals surface area contributed by atoms with Crippen molar-refractivity contribution in [2.24, 2.45) is 0 Å². The van der Waals surface area contributed by atoms with Gasteiger partial charge in [0.2, 0.25) is 0 Å². The maximum absolute atomic E-state index is 10.6. The van der Waals surface area contributed by atoms with Gasteiger partial charge in [-0.3, -0.25) is 10.1 Å². The van der Waals surface area contributed by atoms with Gasteiger partial charge in [0.15, 0.2) is 5.75 Å². The van der Waals surface area contributed by atoms with Crippen LogP contribution in [-0.2, 0) is 12.8 Å². The Hall–Kier alpha value is -1.78. The highest BCUT2D eigenvalue weighted by Crippen LogP contribution is 2.27. The SMILES string of the molecule is O=[N+]([O-])c1ccc(CCCc2ccc(Cl)c(Cl)c2)cc1O. The molecule has 0 aliphatic rings. The topological polar surface area (TPSA) is 63.4 Å². The number of nitro groups is 1. The third-order valence-electron chi connectivity index (χ3n) is 3.15. The van der Waals surface area contributed by atoms with Crippen molar-refractivity contribution in [1.82, 2.24) is 0 Å². The summed E-state index contributed by atoms with van der Waals surface area (Å²) in [6, 6.07) is 9.93. The van der Waals surface area contributed by atoms with E-state index in [-0.39, 0.29) is 11.4 Å². The van der Waals surface area contributed by atoms with Crippen LogP contribution in [0.4, 0.5) is 5.69 Å². The fourth-order valence-corrected chi connectivity index (χ4v) is 2.39. The van der Waals surface area contributed by atoms with E-state index < -0.39 is 4.92 Å². The molecule has 0 heterocycles. The van der Waals surface area contributed by atoms with Gasteiger partial charge in [0.25, 0.3) is 0 Å². The summed E-state index contributed by atoms with van der Waals surface area (Å²) in [4.78, 5) is 10.0. The minimum Gasteiger partial charge on any atom is -0.502 e. The summed E-state index contributed by atoms with van der Waals surface area (Å²) in [6.45, 7) is 0. The van der Waals surface area contributed by atoms with Crippen molar-refractivity contribution in [3.63, 3.8) is 0 Å². The molecule has 0 bridgehead atoms. The van der Waals surface area contributed by atoms with Crippen molar-refractivity contribution in [2.45, 2.75) is 19.3 Å². The van der Waals surface area contributed by atoms with E-state index in [4.69, 9.17) is 23.2 Å². The van der Waals surface area contributed by atoms with Gasteiger partial charge < -0.3 is 5.11 Å². The lowest BCUT2D eigenvalue weighted by atomic mass is 10.0. The van der Waals surface area contributed by atoms with E-state index in [9.17, 15) is 15.2 Å². The molecule has 2 rings (SSSR count). The van der Waals surface area contributed by atoms with Crippen LogP contribution < -0.4 is 0 Å². The predicted molar refractivity (Wildman–Crippen MR) is 83.2 cm³/mol. The van der Waals surface area contributed by atoms with Crippen molar-refractivity contribution in [1.29, 1.82) is 0 Å². The third-order valence-corrected chi connectivity index (χ3v) is 3.89. The number of rotatable bonds is 5. The predicted octanol–water partition coefficient (Wildman–Crippen LogP) is 4.78. The number of phenols is 1. The van der Waals surface area contributed by atoms with Crippen LogP contribution in [-0.4, -0.2) is 10.0 Å². The summed E-state index contributed by atoms with van der Waals surface area (Å²) in [5.41, 5.74) is 1.66. The van der Waals surface area contributed by atoms with Gasteiger partial charge >= 0.3 is 5.69 Å². The van der Waals surface area contributed by atoms with Crippen LogP contribution >= 0.6 is 23.2 Å². The first-order valence-electron chi connectivity index (χ1n) is 6.37. The van der Waals surface area contributed by atoms with Crippen LogP contribution in [0.15, 0.2) is 36.4 Å². The van der Waals surface area contributed by atoms with Crippen LogP contribution in [0.5, 0.6) is 5.75 Å². The van der Waals surface area contributed by atoms with Crippen LogP contribution in [0.1, 0.15) is 17.5 Å². The second kappa shape index (κ2) is 6.78. The van der Waals surface area contributed by atoms with Gasteiger partial charge in [-0.2, -0.15) is 0 Å². The number of nitro benzene ring substituents is 1. The Balaban J connectivity index is 1.95. The average molecular weight is 326 g/mol. The first-order chi connectivity index (χ1) is 9.97. The van der Waals surface area contributed by atoms with Gasteiger partial charge in [-0.1, -0.05) is 35.3 Å². The summed E-state index contributed by atoms with van der Waals surface area (Å²) in [5, 5.41) is 21.2. The maximum atomic E-state index is 10.6. The molecule has 0 amide bonds. The molecular formula is C15H13Cl2NO3. The number of aryl methyl sites for hydroxylation is 2. The van der Waals surface area contributed by atoms with E-state index in [0.717, 1.165) is 24.0 Å². The molecule has 1 N–H and O–H groups in total. The number of phenolic OH excluding ortho intramolecular Hbond substituents is 1. The molecule has 6 heteroatoms. The second-order valence-electron chi connectivity index (χ2n) is 4.68. The molecule has 0 fully saturated rings. The molecular weight excluding hydrogens is 313 g/mol. The standard InChI is InChI=1S/C15H13Cl2NO3/c16-12-6-4-10(8-13(12)17)2-1-3-11-5-7-14(18(20)21)15(19)9-11/h4-9,19H,1-3H2. The molecule has 2 aromatic carbocycles. The summed E-state index contributed by atoms with van der Waals surface area (Å²) in [5.74, 6) is -0.299. The van der Waals surface area contributed by atoms with E-state index in [1.54, 1.807) is 12.1 Å². The van der Waals surface area contributed by atoms with E-state index in [2.05, 4.69) is 0 Å². The lowest BCUT2D eigenvalue weighted by Gasteiger charge is -2.05. The maximum Gasteiger partial charge on any atom is 0.310 e. The molecule has 0 radical (unpaired) electrons. The molecule has 0 aromatic heterocycles. The van der Waals surface area contributed by atoms with Crippen LogP contribution in [0.25, 0.3) is 0 Å². The van der Waals surface area contributed by atoms with Gasteiger partial charge in [-0.15, -0.1) is 0 Å². The van der Waals surface area contributed by atoms with E-state index in [0.29, 0.717) is 16.5 Å². The average Bonchev–Trinajstić information content (AvgIpc) is 2.42. The smallest absolute Gasteiger partial charge is 0.310 e. The molecule has 0 saturated heterocycles. The Bertz CT molecular complexity index is 674. The Morgan fingerprint density at radius 3 is 2.19 bits per heavy atom. The van der Waals surface area contributed by atoms with Gasteiger partial charge in [0.05, 0.1) is 15.0 Å². The zero-order valence-electron chi connectivity index (χ0n) is 11.1. The van der Waals surface area contributed by atoms with Gasteiger partial charge in [0, 0.05) is 6.07 Å². The molecule has 0 atom stereocenters. The number of nitrogens with zero attached hydrogens (tertiary/aromatic N) is 1. The fourth-order valence-electron chi connectivity index (χ4n) is 2.07. The fraction of sp³-hybridized carbons (Fsp3) is 0.200. The summed E-state index contributed by atoms with van der Waals surface area (Å²) in [7, 11) is 0. The van der Waals surface area contributed by atoms with Crippen molar-refractivity contribution < 1.29 is 10.0 Å². The van der Waals surface area contributed by atoms with Crippen LogP contribution in [0.2, 0.25) is 10.0 Å². The molecule has 0 spiro atoms. The van der Waals surface area contributed by atoms with Gasteiger partial charge in [0.1, 0.15) is 0 Å². The summed E-state index contributed by atoms with van der Waals surface area (Å²) < 4.78 is 0. The first-order valence-corrected chi connectivity index (χ1v) is 7.13. The lowest BCUT2D eigenvalue weighted by molar-refractivity contribution is -0.385. The van der Waals surface area contributed by atoms with Gasteiger partial charge in [-0.25, -0.2) is 0 Å². The minimum atomic E-state index is -0.602. The third kappa shape index (κ3) is 4.09. The normalized spacial score (nSPS) is 10.6. The Labute approximate surface area is 132 Å². The summed E-state index contributed by atoms with van der Waals surface area (Å²) >= 11 is 11.8. The molecule has 0 unspecified atom stereocenters. The lowest BCUT2D eigenvalue weighted by Crippen LogP contribution is -1.93. The molecule has 0 aliphatic carbocycles. The Morgan fingerprint density at radius 2 is 1.62 bits per heavy atom. The van der Waals surface area contributed by atoms with E-state index in [1.807, 2.05) is 12.1 Å². The number of hydrogen-bond acceptors (Lipinski definition) is 3. The molecule has 21 heavy (non-hydrogen) atoms. The Kier molecular flexibility index (Phi) is 5.04. The van der Waals surface area contributed by atoms with E-state index in [1.165, 1.54) is 12.1 Å². The monoisotopic (exact) mass is 325 g/mol. The molecule has 2 aromatic rings. The molecule has 0 aliphatic heterocycles. The molecule has 4 nitrogen and oxygen atoms in total. The van der Waals surface area contributed by atoms with Crippen molar-refractivity contribution >= 4 is 28.9 Å². The zero-order chi connectivity index (χ0) is 15.4. The van der Waals surface area contributed by atoms with Crippen molar-refractivity contribution in [2.75, 3.05) is 0 Å². The minimum absolute atomic E-state index is 0.275. The number of hydrogen-bond donors (Lipinski definition) is 1. The second-order valence-corrected chi connectivity index (χ2v) is 5.50. The quantitative estimate of drug-likeness (QED) is 0.635. The molecule has 110 valence electrons. The highest BCUT2D eigenvalue weighted by molar-refractivity contribution is 6.42. The Morgan fingerprint density at radius 1 is 1.00 bits per heavy atom. The number of benzene rings is 2. The first kappa shape index (κ1) is 15.6. The van der Waals surface area contributed by atoms with E-state index >= 15 is 0 Å².